The van der Waals surface area contributed by atoms with Crippen LogP contribution in [-0.4, -0.2) is 68.4 Å². The second-order valence-electron chi connectivity index (χ2n) is 11.6. The summed E-state index contributed by atoms with van der Waals surface area (Å²) in [5.74, 6) is 0.863. The smallest absolute Gasteiger partial charge is 0.407 e. The summed E-state index contributed by atoms with van der Waals surface area (Å²) in [6.07, 6.45) is 3.88. The van der Waals surface area contributed by atoms with Crippen LogP contribution in [0.4, 0.5) is 15.3 Å². The Kier molecular flexibility index (Phi) is 8.25. The number of hydrogen-bond donors (Lipinski definition) is 2. The Bertz CT molecular complexity index is 1300. The average molecular weight is 566 g/mol. The van der Waals surface area contributed by atoms with E-state index < -0.39 is 11.7 Å². The van der Waals surface area contributed by atoms with Gasteiger partial charge in [-0.15, -0.1) is 5.10 Å². The van der Waals surface area contributed by atoms with Crippen LogP contribution in [0.25, 0.3) is 11.4 Å². The van der Waals surface area contributed by atoms with Crippen molar-refractivity contribution in [1.82, 2.24) is 30.8 Å². The molecule has 1 unspecified atom stereocenters. The predicted octanol–water partition coefficient (Wildman–Crippen LogP) is 5.46. The minimum absolute atomic E-state index is 0.0416. The van der Waals surface area contributed by atoms with E-state index in [4.69, 9.17) is 16.3 Å². The molecule has 212 valence electrons. The molecule has 5 rings (SSSR count). The lowest BCUT2D eigenvalue weighted by Gasteiger charge is -2.38. The van der Waals surface area contributed by atoms with E-state index in [0.717, 1.165) is 42.5 Å². The van der Waals surface area contributed by atoms with Gasteiger partial charge in [0.05, 0.1) is 0 Å². The molecule has 1 atom stereocenters. The molecule has 1 aliphatic carbocycles. The molecule has 2 heterocycles. The highest BCUT2D eigenvalue weighted by atomic mass is 35.5. The third-order valence-electron chi connectivity index (χ3n) is 7.64. The average Bonchev–Trinajstić information content (AvgIpc) is 3.58. The summed E-state index contributed by atoms with van der Waals surface area (Å²) in [7, 11) is 0. The number of benzene rings is 2. The minimum atomic E-state index is -0.572. The maximum Gasteiger partial charge on any atom is 0.407 e. The van der Waals surface area contributed by atoms with Crippen molar-refractivity contribution in [2.24, 2.45) is 5.92 Å². The third-order valence-corrected chi connectivity index (χ3v) is 7.87. The number of aromatic nitrogens is 4. The molecule has 40 heavy (non-hydrogen) atoms. The number of tetrazole rings is 1. The van der Waals surface area contributed by atoms with Gasteiger partial charge in [0.15, 0.2) is 5.82 Å². The number of hydrogen-bond acceptors (Lipinski definition) is 6. The number of nitrogens with one attached hydrogen (secondary N) is 2. The number of alkyl carbamates (subject to hydrolysis) is 1. The summed E-state index contributed by atoms with van der Waals surface area (Å²) in [5.41, 5.74) is 2.23. The molecule has 3 aromatic rings. The van der Waals surface area contributed by atoms with Gasteiger partial charge >= 0.3 is 12.1 Å². The third kappa shape index (κ3) is 6.72. The molecule has 0 spiro atoms. The van der Waals surface area contributed by atoms with Crippen LogP contribution in [0, 0.1) is 5.92 Å². The fourth-order valence-electron chi connectivity index (χ4n) is 5.74. The Morgan fingerprint density at radius 3 is 2.52 bits per heavy atom. The van der Waals surface area contributed by atoms with Gasteiger partial charge in [-0.25, -0.2) is 14.7 Å². The van der Waals surface area contributed by atoms with Gasteiger partial charge in [-0.05, 0) is 111 Å². The summed E-state index contributed by atoms with van der Waals surface area (Å²) in [5, 5.41) is 17.7. The number of aromatic amines is 1. The highest BCUT2D eigenvalue weighted by Crippen LogP contribution is 2.34. The second kappa shape index (κ2) is 11.8. The summed E-state index contributed by atoms with van der Waals surface area (Å²) < 4.78 is 5.57. The summed E-state index contributed by atoms with van der Waals surface area (Å²) in [6, 6.07) is 15.6. The molecule has 2 N–H and O–H groups in total. The monoisotopic (exact) mass is 565 g/mol. The molecule has 11 heteroatoms. The van der Waals surface area contributed by atoms with E-state index in [9.17, 15) is 9.59 Å². The van der Waals surface area contributed by atoms with E-state index in [1.54, 1.807) is 0 Å². The largest absolute Gasteiger partial charge is 0.444 e. The maximum atomic E-state index is 13.4. The Labute approximate surface area is 239 Å². The molecular formula is C29H36ClN7O3. The number of carbonyl (C=O) groups is 2. The van der Waals surface area contributed by atoms with Crippen LogP contribution >= 0.6 is 11.6 Å². The van der Waals surface area contributed by atoms with Crippen molar-refractivity contribution in [3.05, 3.63) is 59.1 Å². The van der Waals surface area contributed by atoms with Crippen LogP contribution < -0.4 is 10.2 Å². The SMILES string of the molecule is CC(C)(C)OC(=O)NC(Cc1cccc(Cl)c1)C1CCC(N2CCN(c3ccc(-c4nnn[nH]4)cc3)C2=O)CC1. The zero-order valence-electron chi connectivity index (χ0n) is 23.1. The Morgan fingerprint density at radius 2 is 1.88 bits per heavy atom. The van der Waals surface area contributed by atoms with Crippen LogP contribution in [-0.2, 0) is 11.2 Å². The highest BCUT2D eigenvalue weighted by molar-refractivity contribution is 6.30. The van der Waals surface area contributed by atoms with Crippen LogP contribution in [0.15, 0.2) is 48.5 Å². The first kappa shape index (κ1) is 27.9. The topological polar surface area (TPSA) is 116 Å². The number of anilines is 1. The molecule has 2 aliphatic rings. The molecule has 1 aliphatic heterocycles. The van der Waals surface area contributed by atoms with E-state index in [1.807, 2.05) is 79.1 Å². The van der Waals surface area contributed by atoms with E-state index in [1.165, 1.54) is 0 Å². The molecule has 0 radical (unpaired) electrons. The first-order valence-electron chi connectivity index (χ1n) is 13.8. The minimum Gasteiger partial charge on any atom is -0.444 e. The number of halogens is 1. The molecule has 1 aromatic heterocycles. The number of rotatable bonds is 7. The van der Waals surface area contributed by atoms with Crippen LogP contribution in [0.1, 0.15) is 52.0 Å². The lowest BCUT2D eigenvalue weighted by atomic mass is 9.79. The number of H-pyrrole nitrogens is 1. The van der Waals surface area contributed by atoms with Gasteiger partial charge in [-0.3, -0.25) is 4.90 Å². The number of urea groups is 1. The molecule has 2 aromatic carbocycles. The maximum absolute atomic E-state index is 13.4. The molecule has 10 nitrogen and oxygen atoms in total. The van der Waals surface area contributed by atoms with Crippen molar-refractivity contribution in [2.75, 3.05) is 18.0 Å². The summed E-state index contributed by atoms with van der Waals surface area (Å²) in [4.78, 5) is 30.0. The van der Waals surface area contributed by atoms with Crippen molar-refractivity contribution < 1.29 is 14.3 Å². The predicted molar refractivity (Wildman–Crippen MR) is 153 cm³/mol. The normalized spacial score (nSPS) is 20.4. The Hall–Kier alpha value is -3.66. The zero-order valence-corrected chi connectivity index (χ0v) is 23.9. The van der Waals surface area contributed by atoms with E-state index in [-0.39, 0.29) is 24.0 Å². The highest BCUT2D eigenvalue weighted by Gasteiger charge is 2.38. The van der Waals surface area contributed by atoms with Crippen molar-refractivity contribution in [1.29, 1.82) is 0 Å². The second-order valence-corrected chi connectivity index (χ2v) is 12.0. The van der Waals surface area contributed by atoms with Gasteiger partial charge in [0.2, 0.25) is 0 Å². The first-order valence-corrected chi connectivity index (χ1v) is 14.2. The molecule has 1 saturated heterocycles. The lowest BCUT2D eigenvalue weighted by molar-refractivity contribution is 0.0470. The van der Waals surface area contributed by atoms with Gasteiger partial charge in [0.1, 0.15) is 5.60 Å². The van der Waals surface area contributed by atoms with Gasteiger partial charge in [-0.2, -0.15) is 0 Å². The van der Waals surface area contributed by atoms with E-state index in [2.05, 4.69) is 25.9 Å². The Balaban J connectivity index is 1.21. The van der Waals surface area contributed by atoms with Crippen molar-refractivity contribution in [3.8, 4) is 11.4 Å². The number of amides is 3. The number of nitrogens with zero attached hydrogens (tertiary/aromatic N) is 5. The molecule has 3 amide bonds. The lowest BCUT2D eigenvalue weighted by Crippen LogP contribution is -2.47. The van der Waals surface area contributed by atoms with Gasteiger partial charge in [-0.1, -0.05) is 23.7 Å². The van der Waals surface area contributed by atoms with Crippen molar-refractivity contribution in [3.63, 3.8) is 0 Å². The van der Waals surface area contributed by atoms with Gasteiger partial charge < -0.3 is 15.0 Å². The fourth-order valence-corrected chi connectivity index (χ4v) is 5.95. The molecule has 1 saturated carbocycles. The summed E-state index contributed by atoms with van der Waals surface area (Å²) >= 11 is 6.24. The zero-order chi connectivity index (χ0) is 28.3. The van der Waals surface area contributed by atoms with E-state index in [0.29, 0.717) is 30.4 Å². The van der Waals surface area contributed by atoms with Crippen molar-refractivity contribution >= 4 is 29.4 Å². The number of ether oxygens (including phenoxy) is 1. The van der Waals surface area contributed by atoms with Gasteiger partial charge in [0.25, 0.3) is 0 Å². The van der Waals surface area contributed by atoms with Crippen LogP contribution in [0.5, 0.6) is 0 Å². The first-order chi connectivity index (χ1) is 19.2. The molecule has 0 bridgehead atoms. The Morgan fingerprint density at radius 1 is 1.12 bits per heavy atom. The van der Waals surface area contributed by atoms with Crippen LogP contribution in [0.3, 0.4) is 0 Å². The van der Waals surface area contributed by atoms with Gasteiger partial charge in [0, 0.05) is 41.4 Å². The van der Waals surface area contributed by atoms with E-state index >= 15 is 0 Å². The molecule has 2 fully saturated rings. The molecular weight excluding hydrogens is 530 g/mol. The van der Waals surface area contributed by atoms with Crippen LogP contribution in [0.2, 0.25) is 5.02 Å². The van der Waals surface area contributed by atoms with Crippen molar-refractivity contribution in [2.45, 2.75) is 70.6 Å². The number of carbonyl (C=O) groups excluding carboxylic acids is 2. The summed E-state index contributed by atoms with van der Waals surface area (Å²) in [6.45, 7) is 6.94. The standard InChI is InChI=1S/C29H36ClN7O3/c1-29(2,3)40-27(38)31-25(18-19-5-4-6-22(30)17-19)20-7-11-23(12-8-20)36-15-16-37(28(36)39)24-13-9-21(10-14-24)26-32-34-35-33-26/h4-6,9-10,13-14,17,20,23,25H,7-8,11-12,15-16,18H2,1-3H3,(H,31,38)(H,32,33,34,35). The quantitative estimate of drug-likeness (QED) is 0.393. The fraction of sp³-hybridized carbons (Fsp3) is 0.483.